The van der Waals surface area contributed by atoms with Crippen LogP contribution in [0, 0.1) is 5.92 Å². The predicted octanol–water partition coefficient (Wildman–Crippen LogP) is 3.92. The normalized spacial score (nSPS) is 28.3. The lowest BCUT2D eigenvalue weighted by molar-refractivity contribution is 0.122. The Balaban J connectivity index is 1.57. The van der Waals surface area contributed by atoms with Crippen LogP contribution in [0.2, 0.25) is 0 Å². The van der Waals surface area contributed by atoms with Gasteiger partial charge in [0.15, 0.2) is 5.96 Å². The summed E-state index contributed by atoms with van der Waals surface area (Å²) in [6.07, 6.45) is 6.31. The Kier molecular flexibility index (Phi) is 8.54. The minimum atomic E-state index is 0.428. The third-order valence-electron chi connectivity index (χ3n) is 6.35. The van der Waals surface area contributed by atoms with Crippen LogP contribution in [0.15, 0.2) is 29.3 Å². The van der Waals surface area contributed by atoms with Gasteiger partial charge in [0.25, 0.3) is 0 Å². The number of nitrogens with zero attached hydrogens (tertiary/aromatic N) is 2. The molecule has 29 heavy (non-hydrogen) atoms. The first-order valence-corrected chi connectivity index (χ1v) is 12.1. The van der Waals surface area contributed by atoms with Crippen molar-refractivity contribution in [1.29, 1.82) is 0 Å². The minimum Gasteiger partial charge on any atom is -0.497 e. The Bertz CT molecular complexity index is 651. The van der Waals surface area contributed by atoms with Crippen molar-refractivity contribution < 1.29 is 4.74 Å². The standard InChI is InChI=1S/C23H38N4OS/c1-5-29-21-13-10-19(15-21)26-23(24-2)25-16-18-7-6-14-27(3)22(18)17-8-11-20(28-4)12-9-17/h8-9,11-12,18-19,21-22H,5-7,10,13-16H2,1-4H3,(H2,24,25,26). The Morgan fingerprint density at radius 1 is 1.24 bits per heavy atom. The highest BCUT2D eigenvalue weighted by Gasteiger charge is 2.31. The van der Waals surface area contributed by atoms with Crippen LogP contribution in [0.3, 0.4) is 0 Å². The van der Waals surface area contributed by atoms with E-state index in [2.05, 4.69) is 70.5 Å². The zero-order valence-corrected chi connectivity index (χ0v) is 19.3. The summed E-state index contributed by atoms with van der Waals surface area (Å²) < 4.78 is 5.34. The number of guanidine groups is 1. The fraction of sp³-hybridized carbons (Fsp3) is 0.696. The molecule has 1 aliphatic carbocycles. The summed E-state index contributed by atoms with van der Waals surface area (Å²) in [6, 6.07) is 9.57. The largest absolute Gasteiger partial charge is 0.497 e. The average molecular weight is 419 g/mol. The molecule has 0 spiro atoms. The molecule has 0 aromatic heterocycles. The molecule has 2 fully saturated rings. The molecule has 2 aliphatic rings. The van der Waals surface area contributed by atoms with Crippen molar-refractivity contribution in [1.82, 2.24) is 15.5 Å². The highest BCUT2D eigenvalue weighted by atomic mass is 32.2. The molecule has 4 atom stereocenters. The maximum atomic E-state index is 5.34. The van der Waals surface area contributed by atoms with Crippen molar-refractivity contribution in [2.75, 3.05) is 40.0 Å². The maximum absolute atomic E-state index is 5.34. The van der Waals surface area contributed by atoms with Crippen molar-refractivity contribution >= 4 is 17.7 Å². The number of thioether (sulfide) groups is 1. The van der Waals surface area contributed by atoms with E-state index >= 15 is 0 Å². The van der Waals surface area contributed by atoms with E-state index in [0.29, 0.717) is 18.0 Å². The molecular formula is C23H38N4OS. The summed E-state index contributed by atoms with van der Waals surface area (Å²) in [7, 11) is 5.86. The second-order valence-electron chi connectivity index (χ2n) is 8.29. The number of benzene rings is 1. The number of likely N-dealkylation sites (tertiary alicyclic amines) is 1. The van der Waals surface area contributed by atoms with Crippen molar-refractivity contribution in [3.8, 4) is 5.75 Å². The van der Waals surface area contributed by atoms with Gasteiger partial charge in [0.05, 0.1) is 7.11 Å². The lowest BCUT2D eigenvalue weighted by atomic mass is 9.85. The molecule has 1 saturated heterocycles. The van der Waals surface area contributed by atoms with Crippen LogP contribution < -0.4 is 15.4 Å². The van der Waals surface area contributed by atoms with Gasteiger partial charge in [-0.15, -0.1) is 0 Å². The molecule has 3 rings (SSSR count). The number of methoxy groups -OCH3 is 1. The summed E-state index contributed by atoms with van der Waals surface area (Å²) in [5.41, 5.74) is 1.37. The van der Waals surface area contributed by atoms with Crippen LogP contribution in [-0.2, 0) is 0 Å². The third-order valence-corrected chi connectivity index (χ3v) is 7.58. The van der Waals surface area contributed by atoms with Gasteiger partial charge < -0.3 is 15.4 Å². The third kappa shape index (κ3) is 6.05. The fourth-order valence-corrected chi connectivity index (χ4v) is 6.02. The molecule has 6 heteroatoms. The van der Waals surface area contributed by atoms with E-state index in [9.17, 15) is 0 Å². The maximum Gasteiger partial charge on any atom is 0.191 e. The van der Waals surface area contributed by atoms with Gasteiger partial charge in [-0.1, -0.05) is 19.1 Å². The van der Waals surface area contributed by atoms with E-state index in [0.717, 1.165) is 30.0 Å². The molecule has 4 unspecified atom stereocenters. The molecule has 1 aromatic rings. The summed E-state index contributed by atoms with van der Waals surface area (Å²) in [5.74, 6) is 3.65. The van der Waals surface area contributed by atoms with E-state index in [-0.39, 0.29) is 0 Å². The monoisotopic (exact) mass is 418 g/mol. The number of hydrogen-bond donors (Lipinski definition) is 2. The molecule has 0 radical (unpaired) electrons. The smallest absolute Gasteiger partial charge is 0.191 e. The van der Waals surface area contributed by atoms with Crippen molar-refractivity contribution in [3.63, 3.8) is 0 Å². The van der Waals surface area contributed by atoms with Gasteiger partial charge in [0.2, 0.25) is 0 Å². The molecular weight excluding hydrogens is 380 g/mol. The van der Waals surface area contributed by atoms with Crippen molar-refractivity contribution in [3.05, 3.63) is 29.8 Å². The van der Waals surface area contributed by atoms with E-state index in [1.807, 2.05) is 7.05 Å². The zero-order valence-electron chi connectivity index (χ0n) is 18.5. The Hall–Kier alpha value is -1.40. The summed E-state index contributed by atoms with van der Waals surface area (Å²) in [5, 5.41) is 8.11. The first kappa shape index (κ1) is 22.3. The van der Waals surface area contributed by atoms with Gasteiger partial charge in [-0.2, -0.15) is 11.8 Å². The van der Waals surface area contributed by atoms with Gasteiger partial charge in [-0.3, -0.25) is 9.89 Å². The van der Waals surface area contributed by atoms with E-state index in [1.165, 1.54) is 43.4 Å². The van der Waals surface area contributed by atoms with Gasteiger partial charge in [0, 0.05) is 30.9 Å². The summed E-state index contributed by atoms with van der Waals surface area (Å²) in [4.78, 5) is 7.00. The number of nitrogens with one attached hydrogen (secondary N) is 2. The molecule has 1 saturated carbocycles. The number of ether oxygens (including phenoxy) is 1. The lowest BCUT2D eigenvalue weighted by Crippen LogP contribution is -2.47. The minimum absolute atomic E-state index is 0.428. The number of rotatable bonds is 7. The SMILES string of the molecule is CCSC1CCC(NC(=NC)NCC2CCCN(C)C2c2ccc(OC)cc2)C1. The van der Waals surface area contributed by atoms with Crippen LogP contribution in [0.4, 0.5) is 0 Å². The molecule has 1 aliphatic heterocycles. The van der Waals surface area contributed by atoms with E-state index in [1.54, 1.807) is 7.11 Å². The van der Waals surface area contributed by atoms with Crippen LogP contribution in [-0.4, -0.2) is 62.2 Å². The van der Waals surface area contributed by atoms with E-state index in [4.69, 9.17) is 4.74 Å². The van der Waals surface area contributed by atoms with Crippen LogP contribution in [0.1, 0.15) is 50.6 Å². The Labute approximate surface area is 181 Å². The highest BCUT2D eigenvalue weighted by molar-refractivity contribution is 7.99. The number of hydrogen-bond acceptors (Lipinski definition) is 4. The molecule has 1 aromatic carbocycles. The number of aliphatic imine (C=N–C) groups is 1. The Morgan fingerprint density at radius 2 is 2.03 bits per heavy atom. The average Bonchev–Trinajstić information content (AvgIpc) is 3.18. The molecule has 5 nitrogen and oxygen atoms in total. The second-order valence-corrected chi connectivity index (χ2v) is 9.86. The lowest BCUT2D eigenvalue weighted by Gasteiger charge is -2.40. The van der Waals surface area contributed by atoms with Gasteiger partial charge in [0.1, 0.15) is 5.75 Å². The summed E-state index contributed by atoms with van der Waals surface area (Å²) >= 11 is 2.10. The molecule has 162 valence electrons. The topological polar surface area (TPSA) is 48.9 Å². The fourth-order valence-electron chi connectivity index (χ4n) is 4.88. The number of piperidine rings is 1. The van der Waals surface area contributed by atoms with Gasteiger partial charge >= 0.3 is 0 Å². The molecule has 0 amide bonds. The van der Waals surface area contributed by atoms with Crippen molar-refractivity contribution in [2.45, 2.75) is 56.4 Å². The predicted molar refractivity (Wildman–Crippen MR) is 125 cm³/mol. The first-order valence-electron chi connectivity index (χ1n) is 11.1. The van der Waals surface area contributed by atoms with Crippen LogP contribution in [0.5, 0.6) is 5.75 Å². The molecule has 2 N–H and O–H groups in total. The van der Waals surface area contributed by atoms with E-state index < -0.39 is 0 Å². The molecule has 0 bridgehead atoms. The van der Waals surface area contributed by atoms with Gasteiger partial charge in [-0.05, 0) is 75.1 Å². The zero-order chi connectivity index (χ0) is 20.6. The quantitative estimate of drug-likeness (QED) is 0.519. The van der Waals surface area contributed by atoms with Crippen LogP contribution in [0.25, 0.3) is 0 Å². The molecule has 1 heterocycles. The van der Waals surface area contributed by atoms with Crippen molar-refractivity contribution in [2.24, 2.45) is 10.9 Å². The highest BCUT2D eigenvalue weighted by Crippen LogP contribution is 2.35. The second kappa shape index (κ2) is 11.1. The first-order chi connectivity index (χ1) is 14.1. The Morgan fingerprint density at radius 3 is 2.72 bits per heavy atom. The van der Waals surface area contributed by atoms with Crippen LogP contribution >= 0.6 is 11.8 Å². The van der Waals surface area contributed by atoms with Gasteiger partial charge in [-0.25, -0.2) is 0 Å². The summed E-state index contributed by atoms with van der Waals surface area (Å²) in [6.45, 7) is 4.35.